The summed E-state index contributed by atoms with van der Waals surface area (Å²) in [7, 11) is -1.82. The van der Waals surface area contributed by atoms with Crippen molar-refractivity contribution >= 4 is 20.2 Å². The number of hydrogen-bond donors (Lipinski definition) is 1. The first-order valence-corrected chi connectivity index (χ1v) is 12.2. The van der Waals surface area contributed by atoms with Gasteiger partial charge in [0, 0.05) is 12.7 Å². The first-order chi connectivity index (χ1) is 12.6. The monoisotopic (exact) mass is 388 g/mol. The number of amides is 1. The zero-order valence-corrected chi connectivity index (χ0v) is 17.7. The molecule has 1 aliphatic carbocycles. The van der Waals surface area contributed by atoms with Crippen LogP contribution in [0.2, 0.25) is 18.1 Å². The van der Waals surface area contributed by atoms with Crippen molar-refractivity contribution < 1.29 is 18.5 Å². The second-order valence-corrected chi connectivity index (χ2v) is 13.5. The number of para-hydroxylation sites is 1. The largest absolute Gasteiger partial charge is 0.418 e. The van der Waals surface area contributed by atoms with Crippen molar-refractivity contribution in [1.82, 2.24) is 5.16 Å². The van der Waals surface area contributed by atoms with Crippen LogP contribution in [0.15, 0.2) is 40.9 Å². The lowest BCUT2D eigenvalue weighted by molar-refractivity contribution is 0.214. The number of nitrogens with one attached hydrogen (secondary N) is 1. The third-order valence-corrected chi connectivity index (χ3v) is 10.1. The van der Waals surface area contributed by atoms with Crippen LogP contribution in [0.1, 0.15) is 39.4 Å². The van der Waals surface area contributed by atoms with E-state index in [1.165, 1.54) is 0 Å². The van der Waals surface area contributed by atoms with Crippen LogP contribution in [-0.2, 0) is 9.84 Å². The Hall–Kier alpha value is -2.12. The summed E-state index contributed by atoms with van der Waals surface area (Å²) in [5.41, 5.74) is -0.119. The summed E-state index contributed by atoms with van der Waals surface area (Å²) in [6, 6.07) is 10.7. The van der Waals surface area contributed by atoms with Gasteiger partial charge in [-0.25, -0.2) is 4.79 Å². The van der Waals surface area contributed by atoms with E-state index in [1.54, 1.807) is 30.3 Å². The molecule has 1 aliphatic rings. The fourth-order valence-corrected chi connectivity index (χ4v) is 3.53. The van der Waals surface area contributed by atoms with Crippen LogP contribution < -0.4 is 10.1 Å². The van der Waals surface area contributed by atoms with E-state index >= 15 is 0 Å². The third-order valence-electron chi connectivity index (χ3n) is 5.59. The highest BCUT2D eigenvalue weighted by Gasteiger charge is 2.50. The van der Waals surface area contributed by atoms with Crippen LogP contribution in [-0.4, -0.2) is 26.2 Å². The van der Waals surface area contributed by atoms with E-state index in [9.17, 15) is 4.79 Å². The lowest BCUT2D eigenvalue weighted by Crippen LogP contribution is -2.42. The molecule has 0 spiro atoms. The van der Waals surface area contributed by atoms with Crippen molar-refractivity contribution in [3.8, 4) is 5.75 Å². The lowest BCUT2D eigenvalue weighted by atomic mass is 10.1. The molecule has 27 heavy (non-hydrogen) atoms. The quantitative estimate of drug-likeness (QED) is 0.676. The number of aromatic nitrogens is 1. The number of ether oxygens (including phenoxy) is 1. The lowest BCUT2D eigenvalue weighted by Gasteiger charge is -2.37. The van der Waals surface area contributed by atoms with Crippen LogP contribution >= 0.6 is 0 Å². The van der Waals surface area contributed by atoms with Crippen molar-refractivity contribution in [2.75, 3.05) is 11.9 Å². The third kappa shape index (κ3) is 4.59. The fourth-order valence-electron chi connectivity index (χ4n) is 2.46. The van der Waals surface area contributed by atoms with Crippen LogP contribution in [0.25, 0.3) is 0 Å². The highest BCUT2D eigenvalue weighted by atomic mass is 28.4. The molecule has 0 unspecified atom stereocenters. The molecule has 1 heterocycles. The van der Waals surface area contributed by atoms with Gasteiger partial charge in [-0.2, -0.15) is 0 Å². The van der Waals surface area contributed by atoms with Crippen molar-refractivity contribution in [3.05, 3.63) is 42.2 Å². The second-order valence-electron chi connectivity index (χ2n) is 8.73. The zero-order chi connectivity index (χ0) is 19.7. The van der Waals surface area contributed by atoms with Gasteiger partial charge in [-0.3, -0.25) is 5.32 Å². The SMILES string of the molecule is CC(C)(C)[Si](C)(C)OCC1(c2cc(NC(=O)Oc3ccccc3)no2)CC1. The second kappa shape index (κ2) is 7.13. The molecule has 7 heteroatoms. The van der Waals surface area contributed by atoms with E-state index in [4.69, 9.17) is 13.7 Å². The molecule has 1 fully saturated rings. The number of carbonyl (C=O) groups is 1. The van der Waals surface area contributed by atoms with Gasteiger partial charge in [0.1, 0.15) is 11.5 Å². The Morgan fingerprint density at radius 1 is 1.26 bits per heavy atom. The maximum absolute atomic E-state index is 12.0. The molecule has 1 saturated carbocycles. The summed E-state index contributed by atoms with van der Waals surface area (Å²) in [6.07, 6.45) is 1.42. The molecule has 0 aliphatic heterocycles. The Balaban J connectivity index is 1.59. The molecule has 1 aromatic carbocycles. The van der Waals surface area contributed by atoms with Gasteiger partial charge in [0.05, 0.1) is 5.41 Å². The Bertz CT molecular complexity index is 792. The maximum atomic E-state index is 12.0. The van der Waals surface area contributed by atoms with E-state index < -0.39 is 14.4 Å². The molecule has 146 valence electrons. The van der Waals surface area contributed by atoms with Gasteiger partial charge in [0.2, 0.25) is 0 Å². The van der Waals surface area contributed by atoms with E-state index in [2.05, 4.69) is 44.3 Å². The smallest absolute Gasteiger partial charge is 0.416 e. The van der Waals surface area contributed by atoms with Gasteiger partial charge in [0.25, 0.3) is 0 Å². The van der Waals surface area contributed by atoms with Crippen molar-refractivity contribution in [1.29, 1.82) is 0 Å². The fraction of sp³-hybridized carbons (Fsp3) is 0.500. The topological polar surface area (TPSA) is 73.6 Å². The highest BCUT2D eigenvalue weighted by Crippen LogP contribution is 2.50. The molecule has 1 N–H and O–H groups in total. The predicted octanol–water partition coefficient (Wildman–Crippen LogP) is 5.34. The van der Waals surface area contributed by atoms with Gasteiger partial charge in [-0.1, -0.05) is 44.1 Å². The standard InChI is InChI=1S/C20H28N2O4Si/c1-19(2,3)27(4,5)24-14-20(11-12-20)16-13-17(22-26-16)21-18(23)25-15-9-7-6-8-10-15/h6-10,13H,11-12,14H2,1-5H3,(H,21,22,23). The minimum Gasteiger partial charge on any atom is -0.416 e. The zero-order valence-electron chi connectivity index (χ0n) is 16.7. The van der Waals surface area contributed by atoms with Gasteiger partial charge >= 0.3 is 6.09 Å². The van der Waals surface area contributed by atoms with E-state index in [0.29, 0.717) is 18.2 Å². The highest BCUT2D eigenvalue weighted by molar-refractivity contribution is 6.74. The first kappa shape index (κ1) is 19.6. The number of carbonyl (C=O) groups excluding carboxylic acids is 1. The molecular formula is C20H28N2O4Si. The van der Waals surface area contributed by atoms with Crippen LogP contribution in [0, 0.1) is 0 Å². The minimum atomic E-state index is -1.82. The molecule has 3 rings (SSSR count). The summed E-state index contributed by atoms with van der Waals surface area (Å²) >= 11 is 0. The van der Waals surface area contributed by atoms with Crippen LogP contribution in [0.5, 0.6) is 5.75 Å². The molecule has 0 bridgehead atoms. The molecule has 0 radical (unpaired) electrons. The number of hydrogen-bond acceptors (Lipinski definition) is 5. The van der Waals surface area contributed by atoms with Crippen molar-refractivity contribution in [3.63, 3.8) is 0 Å². The number of benzene rings is 1. The predicted molar refractivity (Wildman–Crippen MR) is 107 cm³/mol. The average Bonchev–Trinajstić information content (AvgIpc) is 3.24. The summed E-state index contributed by atoms with van der Waals surface area (Å²) in [5, 5.41) is 6.74. The minimum absolute atomic E-state index is 0.119. The normalized spacial score (nSPS) is 16.0. The van der Waals surface area contributed by atoms with Gasteiger partial charge in [-0.05, 0) is 43.1 Å². The summed E-state index contributed by atoms with van der Waals surface area (Å²) in [4.78, 5) is 12.0. The maximum Gasteiger partial charge on any atom is 0.418 e. The molecule has 0 atom stereocenters. The molecule has 1 aromatic heterocycles. The van der Waals surface area contributed by atoms with Gasteiger partial charge in [0.15, 0.2) is 14.1 Å². The van der Waals surface area contributed by atoms with Crippen molar-refractivity contribution in [2.24, 2.45) is 0 Å². The van der Waals surface area contributed by atoms with Gasteiger partial charge in [-0.15, -0.1) is 0 Å². The van der Waals surface area contributed by atoms with E-state index in [0.717, 1.165) is 18.6 Å². The first-order valence-electron chi connectivity index (χ1n) is 9.26. The Morgan fingerprint density at radius 2 is 1.93 bits per heavy atom. The molecular weight excluding hydrogens is 360 g/mol. The van der Waals surface area contributed by atoms with Gasteiger partial charge < -0.3 is 13.7 Å². The number of nitrogens with zero attached hydrogens (tertiary/aromatic N) is 1. The molecule has 2 aromatic rings. The van der Waals surface area contributed by atoms with Crippen molar-refractivity contribution in [2.45, 2.75) is 57.2 Å². The Kier molecular flexibility index (Phi) is 5.18. The van der Waals surface area contributed by atoms with E-state index in [1.807, 2.05) is 6.07 Å². The molecule has 6 nitrogen and oxygen atoms in total. The Labute approximate surface area is 161 Å². The Morgan fingerprint density at radius 3 is 2.52 bits per heavy atom. The van der Waals surface area contributed by atoms with Crippen LogP contribution in [0.3, 0.4) is 0 Å². The van der Waals surface area contributed by atoms with Crippen LogP contribution in [0.4, 0.5) is 10.6 Å². The summed E-state index contributed by atoms with van der Waals surface area (Å²) in [5.74, 6) is 1.58. The molecule has 1 amide bonds. The number of anilines is 1. The summed E-state index contributed by atoms with van der Waals surface area (Å²) < 4.78 is 17.1. The van der Waals surface area contributed by atoms with E-state index in [-0.39, 0.29) is 10.5 Å². The molecule has 0 saturated heterocycles. The summed E-state index contributed by atoms with van der Waals surface area (Å²) in [6.45, 7) is 11.8. The number of rotatable bonds is 6. The average molecular weight is 389 g/mol.